The van der Waals surface area contributed by atoms with Gasteiger partial charge in [0.2, 0.25) is 5.91 Å². The standard InChI is InChI=1S/C12H15F3N2O/c1-9(18)17-11-5-3-10(4-6-11)16-8-2-7-12(13,14)15/h3-6,16H,2,7-8H2,1H3,(H,17,18). The van der Waals surface area contributed by atoms with Gasteiger partial charge >= 0.3 is 6.18 Å². The average Bonchev–Trinajstić information content (AvgIpc) is 2.24. The summed E-state index contributed by atoms with van der Waals surface area (Å²) in [6.07, 6.45) is -4.85. The highest BCUT2D eigenvalue weighted by molar-refractivity contribution is 5.88. The number of hydrogen-bond acceptors (Lipinski definition) is 2. The lowest BCUT2D eigenvalue weighted by molar-refractivity contribution is -0.134. The van der Waals surface area contributed by atoms with E-state index in [-0.39, 0.29) is 18.9 Å². The number of nitrogens with one attached hydrogen (secondary N) is 2. The molecule has 0 spiro atoms. The van der Waals surface area contributed by atoms with Crippen LogP contribution in [0.4, 0.5) is 24.5 Å². The van der Waals surface area contributed by atoms with E-state index in [9.17, 15) is 18.0 Å². The van der Waals surface area contributed by atoms with Crippen molar-refractivity contribution in [2.75, 3.05) is 17.2 Å². The van der Waals surface area contributed by atoms with Crippen LogP contribution < -0.4 is 10.6 Å². The van der Waals surface area contributed by atoms with Crippen LogP contribution in [0, 0.1) is 0 Å². The van der Waals surface area contributed by atoms with Crippen LogP contribution in [0.1, 0.15) is 19.8 Å². The van der Waals surface area contributed by atoms with E-state index in [0.29, 0.717) is 5.69 Å². The summed E-state index contributed by atoms with van der Waals surface area (Å²) >= 11 is 0. The second-order valence-electron chi connectivity index (χ2n) is 3.90. The van der Waals surface area contributed by atoms with Gasteiger partial charge in [-0.15, -0.1) is 0 Å². The number of amides is 1. The normalized spacial score (nSPS) is 11.1. The van der Waals surface area contributed by atoms with E-state index in [2.05, 4.69) is 10.6 Å². The van der Waals surface area contributed by atoms with Gasteiger partial charge in [0.05, 0.1) is 0 Å². The van der Waals surface area contributed by atoms with Gasteiger partial charge in [0.1, 0.15) is 0 Å². The van der Waals surface area contributed by atoms with Crippen LogP contribution in [0.2, 0.25) is 0 Å². The van der Waals surface area contributed by atoms with E-state index in [1.165, 1.54) is 6.92 Å². The molecule has 100 valence electrons. The van der Waals surface area contributed by atoms with Crippen molar-refractivity contribution in [3.8, 4) is 0 Å². The lowest BCUT2D eigenvalue weighted by Gasteiger charge is -2.09. The number of hydrogen-bond donors (Lipinski definition) is 2. The maximum absolute atomic E-state index is 11.9. The Kier molecular flexibility index (Phi) is 5.00. The van der Waals surface area contributed by atoms with Crippen LogP contribution >= 0.6 is 0 Å². The van der Waals surface area contributed by atoms with E-state index >= 15 is 0 Å². The minimum absolute atomic E-state index is 0.0386. The molecule has 0 bridgehead atoms. The first-order valence-electron chi connectivity index (χ1n) is 5.55. The van der Waals surface area contributed by atoms with E-state index in [0.717, 1.165) is 5.69 Å². The lowest BCUT2D eigenvalue weighted by atomic mass is 10.2. The molecule has 0 saturated carbocycles. The maximum Gasteiger partial charge on any atom is 0.389 e. The van der Waals surface area contributed by atoms with Gasteiger partial charge < -0.3 is 10.6 Å². The molecule has 0 atom stereocenters. The minimum atomic E-state index is -4.10. The molecule has 0 radical (unpaired) electrons. The molecule has 1 rings (SSSR count). The third kappa shape index (κ3) is 6.12. The SMILES string of the molecule is CC(=O)Nc1ccc(NCCCC(F)(F)F)cc1. The summed E-state index contributed by atoms with van der Waals surface area (Å²) in [5, 5.41) is 5.49. The monoisotopic (exact) mass is 260 g/mol. The van der Waals surface area contributed by atoms with Gasteiger partial charge in [0, 0.05) is 31.3 Å². The third-order valence-electron chi connectivity index (χ3n) is 2.17. The number of benzene rings is 1. The zero-order valence-electron chi connectivity index (χ0n) is 9.97. The van der Waals surface area contributed by atoms with Crippen molar-refractivity contribution >= 4 is 17.3 Å². The van der Waals surface area contributed by atoms with Crippen LogP contribution in [0.5, 0.6) is 0 Å². The van der Waals surface area contributed by atoms with Gasteiger partial charge in [-0.1, -0.05) is 0 Å². The van der Waals surface area contributed by atoms with Crippen molar-refractivity contribution < 1.29 is 18.0 Å². The van der Waals surface area contributed by atoms with Crippen molar-refractivity contribution in [3.05, 3.63) is 24.3 Å². The molecule has 6 heteroatoms. The number of alkyl halides is 3. The smallest absolute Gasteiger partial charge is 0.385 e. The van der Waals surface area contributed by atoms with Gasteiger partial charge in [-0.25, -0.2) is 0 Å². The second-order valence-corrected chi connectivity index (χ2v) is 3.90. The highest BCUT2D eigenvalue weighted by atomic mass is 19.4. The van der Waals surface area contributed by atoms with Gasteiger partial charge in [0.15, 0.2) is 0 Å². The number of anilines is 2. The Labute approximate surface area is 103 Å². The highest BCUT2D eigenvalue weighted by Crippen LogP contribution is 2.21. The number of halogens is 3. The quantitative estimate of drug-likeness (QED) is 0.797. The number of carbonyl (C=O) groups is 1. The van der Waals surface area contributed by atoms with Crippen molar-refractivity contribution in [1.82, 2.24) is 0 Å². The van der Waals surface area contributed by atoms with E-state index in [4.69, 9.17) is 0 Å². The zero-order valence-corrected chi connectivity index (χ0v) is 9.97. The Morgan fingerprint density at radius 3 is 2.22 bits per heavy atom. The summed E-state index contributed by atoms with van der Waals surface area (Å²) in [6, 6.07) is 6.79. The van der Waals surface area contributed by atoms with Gasteiger partial charge in [-0.05, 0) is 30.7 Å². The minimum Gasteiger partial charge on any atom is -0.385 e. The predicted octanol–water partition coefficient (Wildman–Crippen LogP) is 3.40. The Morgan fingerprint density at radius 1 is 1.17 bits per heavy atom. The predicted molar refractivity (Wildman–Crippen MR) is 64.5 cm³/mol. The first-order chi connectivity index (χ1) is 8.37. The molecule has 1 amide bonds. The number of rotatable bonds is 5. The largest absolute Gasteiger partial charge is 0.389 e. The highest BCUT2D eigenvalue weighted by Gasteiger charge is 2.25. The van der Waals surface area contributed by atoms with E-state index in [1.807, 2.05) is 0 Å². The average molecular weight is 260 g/mol. The molecule has 0 aromatic heterocycles. The summed E-state index contributed by atoms with van der Waals surface area (Å²) in [4.78, 5) is 10.8. The van der Waals surface area contributed by atoms with Crippen LogP contribution in [0.25, 0.3) is 0 Å². The topological polar surface area (TPSA) is 41.1 Å². The fourth-order valence-electron chi connectivity index (χ4n) is 1.40. The Balaban J connectivity index is 2.33. The van der Waals surface area contributed by atoms with Crippen LogP contribution in [-0.4, -0.2) is 18.6 Å². The van der Waals surface area contributed by atoms with E-state index in [1.54, 1.807) is 24.3 Å². The molecule has 1 aromatic carbocycles. The first-order valence-corrected chi connectivity index (χ1v) is 5.55. The molecule has 0 aliphatic rings. The second kappa shape index (κ2) is 6.28. The van der Waals surface area contributed by atoms with Crippen LogP contribution in [-0.2, 0) is 4.79 Å². The third-order valence-corrected chi connectivity index (χ3v) is 2.17. The molecular formula is C12H15F3N2O. The zero-order chi connectivity index (χ0) is 13.6. The first kappa shape index (κ1) is 14.3. The Hall–Kier alpha value is -1.72. The fourth-order valence-corrected chi connectivity index (χ4v) is 1.40. The van der Waals surface area contributed by atoms with Gasteiger partial charge in [-0.2, -0.15) is 13.2 Å². The van der Waals surface area contributed by atoms with Crippen molar-refractivity contribution in [1.29, 1.82) is 0 Å². The van der Waals surface area contributed by atoms with Crippen molar-refractivity contribution in [2.45, 2.75) is 25.9 Å². The summed E-state index contributed by atoms with van der Waals surface area (Å²) in [5.41, 5.74) is 1.38. The molecule has 0 heterocycles. The molecule has 3 nitrogen and oxygen atoms in total. The summed E-state index contributed by atoms with van der Waals surface area (Å²) in [7, 11) is 0. The molecule has 18 heavy (non-hydrogen) atoms. The van der Waals surface area contributed by atoms with Crippen molar-refractivity contribution in [3.63, 3.8) is 0 Å². The van der Waals surface area contributed by atoms with Gasteiger partial charge in [-0.3, -0.25) is 4.79 Å². The summed E-state index contributed by atoms with van der Waals surface area (Å²) in [5.74, 6) is -0.166. The fraction of sp³-hybridized carbons (Fsp3) is 0.417. The lowest BCUT2D eigenvalue weighted by Crippen LogP contribution is -2.11. The molecule has 0 saturated heterocycles. The van der Waals surface area contributed by atoms with E-state index < -0.39 is 12.6 Å². The molecule has 0 aliphatic carbocycles. The van der Waals surface area contributed by atoms with Crippen LogP contribution in [0.15, 0.2) is 24.3 Å². The molecule has 0 aliphatic heterocycles. The van der Waals surface area contributed by atoms with Crippen LogP contribution in [0.3, 0.4) is 0 Å². The summed E-state index contributed by atoms with van der Waals surface area (Å²) in [6.45, 7) is 1.67. The Bertz CT molecular complexity index is 387. The molecule has 1 aromatic rings. The number of carbonyl (C=O) groups excluding carboxylic acids is 1. The molecule has 0 unspecified atom stereocenters. The summed E-state index contributed by atoms with van der Waals surface area (Å²) < 4.78 is 35.7. The van der Waals surface area contributed by atoms with Gasteiger partial charge in [0.25, 0.3) is 0 Å². The van der Waals surface area contributed by atoms with Crippen molar-refractivity contribution in [2.24, 2.45) is 0 Å². The Morgan fingerprint density at radius 2 is 1.72 bits per heavy atom. The maximum atomic E-state index is 11.9. The molecule has 0 fully saturated rings. The molecule has 2 N–H and O–H groups in total. The molecular weight excluding hydrogens is 245 g/mol.